The summed E-state index contributed by atoms with van der Waals surface area (Å²) in [5.41, 5.74) is 0. The predicted octanol–water partition coefficient (Wildman–Crippen LogP) is -2.60. The van der Waals surface area contributed by atoms with Crippen LogP contribution >= 0.6 is 0 Å². The Morgan fingerprint density at radius 1 is 1.10 bits per heavy atom. The molecule has 0 aromatic heterocycles. The van der Waals surface area contributed by atoms with Crippen molar-refractivity contribution in [2.24, 2.45) is 0 Å². The van der Waals surface area contributed by atoms with Gasteiger partial charge in [0.2, 0.25) is 0 Å². The molecule has 0 unspecified atom stereocenters. The molecule has 0 radical (unpaired) electrons. The fraction of sp³-hybridized carbons (Fsp3) is 0. The molecule has 0 rings (SSSR count). The van der Waals surface area contributed by atoms with Gasteiger partial charge in [0.05, 0.1) is 0 Å². The van der Waals surface area contributed by atoms with E-state index >= 15 is 0 Å². The summed E-state index contributed by atoms with van der Waals surface area (Å²) in [6, 6.07) is 0. The first-order valence-electron chi connectivity index (χ1n) is 1.43. The maximum absolute atomic E-state index is 8.97. The van der Waals surface area contributed by atoms with Crippen molar-refractivity contribution >= 4 is 55.8 Å². The second-order valence-electron chi connectivity index (χ2n) is 0.796. The molecule has 0 spiro atoms. The third-order valence-corrected chi connectivity index (χ3v) is 0. The Labute approximate surface area is 83.3 Å². The third-order valence-electron chi connectivity index (χ3n) is 0. The molecule has 0 amide bonds. The zero-order valence-corrected chi connectivity index (χ0v) is 6.55. The molecule has 0 aromatic rings. The van der Waals surface area contributed by atoms with E-state index in [0.29, 0.717) is 0 Å². The van der Waals surface area contributed by atoms with Crippen molar-refractivity contribution in [2.45, 2.75) is 0 Å². The fourth-order valence-electron chi connectivity index (χ4n) is 0. The summed E-state index contributed by atoms with van der Waals surface area (Å²) in [6.45, 7) is 0. The Morgan fingerprint density at radius 3 is 1.10 bits per heavy atom. The number of rotatable bonds is 0. The number of hydrogen-bond donors (Lipinski definition) is 5. The van der Waals surface area contributed by atoms with E-state index in [-0.39, 0.29) is 29.6 Å². The van der Waals surface area contributed by atoms with Gasteiger partial charge < -0.3 is 10.2 Å². The molecule has 0 aromatic carbocycles. The minimum absolute atomic E-state index is 0. The van der Waals surface area contributed by atoms with Crippen LogP contribution in [0.3, 0.4) is 0 Å². The van der Waals surface area contributed by atoms with Gasteiger partial charge in [0.1, 0.15) is 0 Å². The molecule has 0 bridgehead atoms. The number of hydrogen-bond acceptors (Lipinski definition) is 2. The molecule has 0 fully saturated rings. The van der Waals surface area contributed by atoms with Gasteiger partial charge in [-0.25, -0.2) is 4.79 Å². The Kier molecular flexibility index (Phi) is 13.4. The first-order valence-corrected chi connectivity index (χ1v) is 5.90. The van der Waals surface area contributed by atoms with Gasteiger partial charge in [0, 0.05) is 0 Å². The molecule has 0 saturated carbocycles. The molecular formula is CH6NaO7Sb. The van der Waals surface area contributed by atoms with E-state index in [2.05, 4.69) is 0 Å². The van der Waals surface area contributed by atoms with Gasteiger partial charge in [-0.1, -0.05) is 0 Å². The zero-order chi connectivity index (χ0) is 8.08. The van der Waals surface area contributed by atoms with Crippen molar-refractivity contribution < 1.29 is 28.2 Å². The van der Waals surface area contributed by atoms with Crippen molar-refractivity contribution in [1.29, 1.82) is 0 Å². The van der Waals surface area contributed by atoms with Crippen LogP contribution in [0.5, 0.6) is 0 Å². The molecule has 0 atom stereocenters. The van der Waals surface area contributed by atoms with E-state index in [1.54, 1.807) is 0 Å². The van der Waals surface area contributed by atoms with E-state index < -0.39 is 26.2 Å². The van der Waals surface area contributed by atoms with E-state index in [1.807, 2.05) is 0 Å². The normalized spacial score (nSPS) is 8.30. The van der Waals surface area contributed by atoms with Gasteiger partial charge in [0.15, 0.2) is 0 Å². The fourth-order valence-corrected chi connectivity index (χ4v) is 0. The van der Waals surface area contributed by atoms with Crippen LogP contribution in [0.4, 0.5) is 4.79 Å². The van der Waals surface area contributed by atoms with Crippen LogP contribution in [0.25, 0.3) is 0 Å². The van der Waals surface area contributed by atoms with Crippen LogP contribution in [0.2, 0.25) is 0 Å². The molecule has 0 heterocycles. The Balaban J connectivity index is -0.0000000910. The van der Waals surface area contributed by atoms with Crippen molar-refractivity contribution in [3.63, 3.8) is 0 Å². The average Bonchev–Trinajstić information content (AvgIpc) is 1.19. The molecule has 7 nitrogen and oxygen atoms in total. The molecule has 9 heteroatoms. The molecule has 0 aliphatic carbocycles. The van der Waals surface area contributed by atoms with E-state index in [1.165, 1.54) is 0 Å². The number of carboxylic acid groups (broad SMARTS) is 2. The monoisotopic (exact) mass is 274 g/mol. The van der Waals surface area contributed by atoms with Gasteiger partial charge in [-0.05, 0) is 0 Å². The first kappa shape index (κ1) is 17.0. The molecule has 0 saturated heterocycles. The number of carbonyl (C=O) groups is 1. The van der Waals surface area contributed by atoms with Crippen molar-refractivity contribution in [2.75, 3.05) is 0 Å². The topological polar surface area (TPSA) is 135 Å². The van der Waals surface area contributed by atoms with Crippen molar-refractivity contribution in [1.82, 2.24) is 0 Å². The van der Waals surface area contributed by atoms with Crippen LogP contribution in [0.1, 0.15) is 0 Å². The summed E-state index contributed by atoms with van der Waals surface area (Å²) in [7, 11) is 0. The van der Waals surface area contributed by atoms with Crippen molar-refractivity contribution in [3.05, 3.63) is 0 Å². The summed E-state index contributed by atoms with van der Waals surface area (Å²) >= 11 is -5.35. The quantitative estimate of drug-likeness (QED) is 0.306. The second kappa shape index (κ2) is 7.87. The van der Waals surface area contributed by atoms with E-state index in [4.69, 9.17) is 28.2 Å². The van der Waals surface area contributed by atoms with Gasteiger partial charge in [-0.2, -0.15) is 0 Å². The van der Waals surface area contributed by atoms with E-state index in [9.17, 15) is 0 Å². The second-order valence-corrected chi connectivity index (χ2v) is 3.73. The van der Waals surface area contributed by atoms with Crippen LogP contribution in [0, 0.1) is 0 Å². The van der Waals surface area contributed by atoms with Gasteiger partial charge in [-0.3, -0.25) is 0 Å². The predicted molar refractivity (Wildman–Crippen MR) is 30.9 cm³/mol. The summed E-state index contributed by atoms with van der Waals surface area (Å²) < 4.78 is 30.8. The zero-order valence-electron chi connectivity index (χ0n) is 4.00. The Bertz CT molecular complexity index is 113. The van der Waals surface area contributed by atoms with Crippen LogP contribution in [-0.4, -0.2) is 76.1 Å². The van der Waals surface area contributed by atoms with Gasteiger partial charge in [0.25, 0.3) is 0 Å². The Morgan fingerprint density at radius 2 is 1.10 bits per heavy atom. The van der Waals surface area contributed by atoms with Crippen molar-refractivity contribution in [3.8, 4) is 0 Å². The van der Waals surface area contributed by atoms with Crippen LogP contribution in [-0.2, 0) is 3.02 Å². The summed E-state index contributed by atoms with van der Waals surface area (Å²) in [5.74, 6) is 0. The van der Waals surface area contributed by atoms with Gasteiger partial charge >= 0.3 is 68.9 Å². The SMILES string of the molecule is O=C(O)O.[NaH].[O]=[Sb]([OH])([OH])[OH]. The average molecular weight is 275 g/mol. The molecule has 0 aliphatic rings. The summed E-state index contributed by atoms with van der Waals surface area (Å²) in [5, 5.41) is 13.9. The Hall–Kier alpha value is 0.768. The molecule has 58 valence electrons. The molecule has 5 N–H and O–H groups in total. The summed E-state index contributed by atoms with van der Waals surface area (Å²) in [6.07, 6.45) is -1.83. The van der Waals surface area contributed by atoms with Crippen LogP contribution in [0.15, 0.2) is 0 Å². The molecule has 0 aliphatic heterocycles. The third kappa shape index (κ3) is 897. The van der Waals surface area contributed by atoms with Gasteiger partial charge in [-0.15, -0.1) is 0 Å². The van der Waals surface area contributed by atoms with Crippen LogP contribution < -0.4 is 0 Å². The van der Waals surface area contributed by atoms with E-state index in [0.717, 1.165) is 0 Å². The minimum atomic E-state index is -5.35. The molecule has 10 heavy (non-hydrogen) atoms. The maximum atomic E-state index is 8.97. The summed E-state index contributed by atoms with van der Waals surface area (Å²) in [4.78, 5) is 8.56. The molecular weight excluding hydrogens is 269 g/mol. The standard InChI is InChI=1S/CH2O3.Na.3H2O.O.Sb.H/c2-1(3)4;;;;;;;/h(H2,2,3,4);;3*1H2;;;/q;;;;;;+3;/p-3. The first-order chi connectivity index (χ1) is 3.73.